The Kier molecular flexibility index (Phi) is 4.03. The number of hydrogen-bond donors (Lipinski definition) is 1. The fraction of sp³-hybridized carbons (Fsp3) is 0.364. The lowest BCUT2D eigenvalue weighted by atomic mass is 10.2. The minimum atomic E-state index is -0.792. The van der Waals surface area contributed by atoms with Gasteiger partial charge >= 0.3 is 0 Å². The minimum Gasteiger partial charge on any atom is -0.389 e. The molecule has 1 amide bonds. The van der Waals surface area contributed by atoms with E-state index in [0.29, 0.717) is 35.9 Å². The number of carbonyl (C=O) groups excluding carboxylic acids is 1. The zero-order valence-corrected chi connectivity index (χ0v) is 11.3. The summed E-state index contributed by atoms with van der Waals surface area (Å²) >= 11 is 4.82. The molecular weight excluding hydrogens is 270 g/mol. The van der Waals surface area contributed by atoms with Crippen molar-refractivity contribution in [3.8, 4) is 0 Å². The highest BCUT2D eigenvalue weighted by atomic mass is 32.2. The van der Waals surface area contributed by atoms with Crippen LogP contribution in [0.15, 0.2) is 18.3 Å². The van der Waals surface area contributed by atoms with Crippen molar-refractivity contribution in [3.05, 3.63) is 29.6 Å². The van der Waals surface area contributed by atoms with Gasteiger partial charge in [-0.05, 0) is 12.1 Å². The molecule has 1 aliphatic heterocycles. The van der Waals surface area contributed by atoms with Gasteiger partial charge in [-0.2, -0.15) is 0 Å². The lowest BCUT2D eigenvalue weighted by Gasteiger charge is -2.25. The van der Waals surface area contributed by atoms with Crippen LogP contribution in [-0.4, -0.2) is 49.6 Å². The average molecular weight is 283 g/mol. The Balaban J connectivity index is 2.09. The van der Waals surface area contributed by atoms with Crippen molar-refractivity contribution < 1.29 is 9.00 Å². The van der Waals surface area contributed by atoms with Gasteiger partial charge in [0, 0.05) is 47.2 Å². The Morgan fingerprint density at radius 3 is 2.56 bits per heavy atom. The van der Waals surface area contributed by atoms with E-state index in [0.717, 1.165) is 0 Å². The topological polar surface area (TPSA) is 76.3 Å². The standard InChI is InChI=1S/C11H13N3O2S2/c12-10(17)8-1-2-9(13-7-8)11(15)14-3-5-18(16)6-4-14/h1-2,7H,3-6H2,(H2,12,17). The second-order valence-corrected chi connectivity index (χ2v) is 6.07. The third kappa shape index (κ3) is 2.91. The molecule has 5 nitrogen and oxygen atoms in total. The van der Waals surface area contributed by atoms with E-state index >= 15 is 0 Å². The normalized spacial score (nSPS) is 16.6. The Morgan fingerprint density at radius 2 is 2.06 bits per heavy atom. The predicted octanol–water partition coefficient (Wildman–Crippen LogP) is -0.0797. The van der Waals surface area contributed by atoms with Gasteiger partial charge in [0.25, 0.3) is 5.91 Å². The van der Waals surface area contributed by atoms with Crippen molar-refractivity contribution in [1.82, 2.24) is 9.88 Å². The van der Waals surface area contributed by atoms with Gasteiger partial charge in [0.15, 0.2) is 0 Å². The highest BCUT2D eigenvalue weighted by molar-refractivity contribution is 7.85. The molecule has 2 N–H and O–H groups in total. The molecule has 0 radical (unpaired) electrons. The summed E-state index contributed by atoms with van der Waals surface area (Å²) in [4.78, 5) is 18.1. The quantitative estimate of drug-likeness (QED) is 0.768. The molecule has 0 spiro atoms. The summed E-state index contributed by atoms with van der Waals surface area (Å²) in [6.07, 6.45) is 1.50. The Bertz CT molecular complexity index is 492. The fourth-order valence-corrected chi connectivity index (χ4v) is 2.84. The van der Waals surface area contributed by atoms with E-state index < -0.39 is 10.8 Å². The van der Waals surface area contributed by atoms with Crippen LogP contribution in [-0.2, 0) is 10.8 Å². The van der Waals surface area contributed by atoms with E-state index in [2.05, 4.69) is 4.98 Å². The largest absolute Gasteiger partial charge is 0.389 e. The first-order valence-electron chi connectivity index (χ1n) is 5.48. The molecule has 1 fully saturated rings. The van der Waals surface area contributed by atoms with Crippen LogP contribution >= 0.6 is 12.2 Å². The number of hydrogen-bond acceptors (Lipinski definition) is 4. The number of pyridine rings is 1. The molecule has 0 unspecified atom stereocenters. The molecule has 0 aromatic carbocycles. The summed E-state index contributed by atoms with van der Waals surface area (Å²) in [5.41, 5.74) is 6.46. The maximum Gasteiger partial charge on any atom is 0.272 e. The number of amides is 1. The van der Waals surface area contributed by atoms with Gasteiger partial charge in [-0.3, -0.25) is 14.0 Å². The minimum absolute atomic E-state index is 0.138. The van der Waals surface area contributed by atoms with Gasteiger partial charge < -0.3 is 10.6 Å². The molecule has 1 aromatic heterocycles. The SMILES string of the molecule is NC(=S)c1ccc(C(=O)N2CCS(=O)CC2)nc1. The zero-order valence-electron chi connectivity index (χ0n) is 9.67. The summed E-state index contributed by atoms with van der Waals surface area (Å²) in [6, 6.07) is 3.30. The number of carbonyl (C=O) groups is 1. The first kappa shape index (κ1) is 13.1. The zero-order chi connectivity index (χ0) is 13.1. The number of nitrogens with two attached hydrogens (primary N) is 1. The molecule has 0 atom stereocenters. The average Bonchev–Trinajstić information content (AvgIpc) is 2.39. The Labute approximate surface area is 113 Å². The van der Waals surface area contributed by atoms with E-state index in [4.69, 9.17) is 18.0 Å². The van der Waals surface area contributed by atoms with Crippen LogP contribution in [0.3, 0.4) is 0 Å². The molecule has 1 saturated heterocycles. The maximum atomic E-state index is 12.1. The monoisotopic (exact) mass is 283 g/mol. The molecule has 2 heterocycles. The van der Waals surface area contributed by atoms with Crippen LogP contribution in [0.2, 0.25) is 0 Å². The van der Waals surface area contributed by atoms with Gasteiger partial charge in [-0.25, -0.2) is 0 Å². The lowest BCUT2D eigenvalue weighted by Crippen LogP contribution is -2.42. The van der Waals surface area contributed by atoms with Gasteiger partial charge in [-0.1, -0.05) is 12.2 Å². The molecule has 1 aromatic rings. The van der Waals surface area contributed by atoms with Crippen LogP contribution in [0, 0.1) is 0 Å². The Hall–Kier alpha value is -1.34. The Morgan fingerprint density at radius 1 is 1.39 bits per heavy atom. The summed E-state index contributed by atoms with van der Waals surface area (Å²) in [5.74, 6) is 0.939. The van der Waals surface area contributed by atoms with Crippen LogP contribution in [0.25, 0.3) is 0 Å². The second kappa shape index (κ2) is 5.53. The van der Waals surface area contributed by atoms with Crippen molar-refractivity contribution in [2.45, 2.75) is 0 Å². The molecule has 7 heteroatoms. The van der Waals surface area contributed by atoms with Crippen molar-refractivity contribution in [2.75, 3.05) is 24.6 Å². The number of nitrogens with zero attached hydrogens (tertiary/aromatic N) is 2. The van der Waals surface area contributed by atoms with Gasteiger partial charge in [0.2, 0.25) is 0 Å². The summed E-state index contributed by atoms with van der Waals surface area (Å²) in [5, 5.41) is 0. The molecule has 2 rings (SSSR count). The first-order valence-corrected chi connectivity index (χ1v) is 7.37. The summed E-state index contributed by atoms with van der Waals surface area (Å²) < 4.78 is 11.2. The van der Waals surface area contributed by atoms with Crippen LogP contribution < -0.4 is 5.73 Å². The molecular formula is C11H13N3O2S2. The first-order chi connectivity index (χ1) is 8.58. The molecule has 96 valence electrons. The smallest absolute Gasteiger partial charge is 0.272 e. The van der Waals surface area contributed by atoms with E-state index in [9.17, 15) is 9.00 Å². The van der Waals surface area contributed by atoms with Crippen LogP contribution in [0.4, 0.5) is 0 Å². The van der Waals surface area contributed by atoms with Crippen LogP contribution in [0.1, 0.15) is 16.1 Å². The molecule has 0 aliphatic carbocycles. The molecule has 0 bridgehead atoms. The van der Waals surface area contributed by atoms with Crippen LogP contribution in [0.5, 0.6) is 0 Å². The fourth-order valence-electron chi connectivity index (χ4n) is 1.67. The molecule has 1 aliphatic rings. The molecule has 0 saturated carbocycles. The lowest BCUT2D eigenvalue weighted by molar-refractivity contribution is 0.0765. The third-order valence-electron chi connectivity index (χ3n) is 2.73. The highest BCUT2D eigenvalue weighted by Gasteiger charge is 2.21. The maximum absolute atomic E-state index is 12.1. The number of aromatic nitrogens is 1. The summed E-state index contributed by atoms with van der Waals surface area (Å²) in [7, 11) is -0.792. The van der Waals surface area contributed by atoms with Crippen molar-refractivity contribution in [3.63, 3.8) is 0 Å². The predicted molar refractivity (Wildman–Crippen MR) is 73.9 cm³/mol. The van der Waals surface area contributed by atoms with E-state index in [1.54, 1.807) is 17.0 Å². The van der Waals surface area contributed by atoms with Crippen molar-refractivity contribution in [2.24, 2.45) is 5.73 Å². The third-order valence-corrected chi connectivity index (χ3v) is 4.24. The van der Waals surface area contributed by atoms with Gasteiger partial charge in [0.05, 0.1) is 0 Å². The van der Waals surface area contributed by atoms with E-state index in [1.807, 2.05) is 0 Å². The van der Waals surface area contributed by atoms with Gasteiger partial charge in [-0.15, -0.1) is 0 Å². The molecule has 18 heavy (non-hydrogen) atoms. The van der Waals surface area contributed by atoms with Crippen molar-refractivity contribution in [1.29, 1.82) is 0 Å². The van der Waals surface area contributed by atoms with E-state index in [-0.39, 0.29) is 10.9 Å². The second-order valence-electron chi connectivity index (χ2n) is 3.94. The van der Waals surface area contributed by atoms with Gasteiger partial charge in [0.1, 0.15) is 10.7 Å². The van der Waals surface area contributed by atoms with E-state index in [1.165, 1.54) is 6.20 Å². The summed E-state index contributed by atoms with van der Waals surface area (Å²) in [6.45, 7) is 1.04. The van der Waals surface area contributed by atoms with Crippen molar-refractivity contribution >= 4 is 33.9 Å². The number of thiocarbonyl (C=S) groups is 1. The highest BCUT2D eigenvalue weighted by Crippen LogP contribution is 2.07. The number of rotatable bonds is 2.